The van der Waals surface area contributed by atoms with E-state index in [1.54, 1.807) is 6.21 Å². The zero-order valence-corrected chi connectivity index (χ0v) is 12.5. The van der Waals surface area contributed by atoms with Crippen molar-refractivity contribution in [1.29, 1.82) is 0 Å². The predicted octanol–water partition coefficient (Wildman–Crippen LogP) is 3.44. The lowest BCUT2D eigenvalue weighted by atomic mass is 10.1. The molecular weight excluding hydrogens is 254 g/mol. The summed E-state index contributed by atoms with van der Waals surface area (Å²) in [6.07, 6.45) is 2.78. The Morgan fingerprint density at radius 3 is 2.85 bits per heavy atom. The number of benzene rings is 1. The Bertz CT molecular complexity index is 529. The Balaban J connectivity index is 1.96. The molecule has 0 spiro atoms. The minimum absolute atomic E-state index is 0.0106. The average Bonchev–Trinajstić information content (AvgIpc) is 2.33. The molecule has 108 valence electrons. The summed E-state index contributed by atoms with van der Waals surface area (Å²) < 4.78 is 11.0. The van der Waals surface area contributed by atoms with E-state index in [1.165, 1.54) is 0 Å². The first-order valence-electron chi connectivity index (χ1n) is 6.89. The minimum atomic E-state index is -0.430. The minimum Gasteiger partial charge on any atom is -0.483 e. The summed E-state index contributed by atoms with van der Waals surface area (Å²) in [5, 5.41) is 0. The van der Waals surface area contributed by atoms with E-state index >= 15 is 0 Å². The van der Waals surface area contributed by atoms with Gasteiger partial charge in [0.05, 0.1) is 0 Å². The molecule has 4 nitrogen and oxygen atoms in total. The quantitative estimate of drug-likeness (QED) is 0.794. The molecule has 20 heavy (non-hydrogen) atoms. The van der Waals surface area contributed by atoms with Crippen molar-refractivity contribution < 1.29 is 14.3 Å². The third kappa shape index (κ3) is 4.08. The number of fused-ring (bicyclic) bond motifs is 1. The number of esters is 1. The number of aryl methyl sites for hydroxylation is 1. The number of ether oxygens (including phenoxy) is 2. The second kappa shape index (κ2) is 5.65. The molecule has 1 atom stereocenters. The summed E-state index contributed by atoms with van der Waals surface area (Å²) in [5.41, 5.74) is 1.46. The lowest BCUT2D eigenvalue weighted by Gasteiger charge is -2.20. The summed E-state index contributed by atoms with van der Waals surface area (Å²) in [5.74, 6) is 0.601. The number of hydrogen-bond acceptors (Lipinski definition) is 4. The van der Waals surface area contributed by atoms with E-state index in [9.17, 15) is 4.79 Å². The van der Waals surface area contributed by atoms with Gasteiger partial charge in [-0.15, -0.1) is 0 Å². The van der Waals surface area contributed by atoms with Gasteiger partial charge >= 0.3 is 5.97 Å². The largest absolute Gasteiger partial charge is 0.483 e. The summed E-state index contributed by atoms with van der Waals surface area (Å²) in [6, 6.07) is 5.84. The van der Waals surface area contributed by atoms with Crippen LogP contribution in [-0.2, 0) is 16.0 Å². The predicted molar refractivity (Wildman–Crippen MR) is 78.9 cm³/mol. The Hall–Kier alpha value is -1.84. The Labute approximate surface area is 119 Å². The second-order valence-corrected chi connectivity index (χ2v) is 5.99. The zero-order chi connectivity index (χ0) is 14.8. The van der Waals surface area contributed by atoms with Gasteiger partial charge in [0.2, 0.25) is 0 Å². The summed E-state index contributed by atoms with van der Waals surface area (Å²) in [6.45, 7) is 7.56. The van der Waals surface area contributed by atoms with E-state index in [0.717, 1.165) is 17.0 Å². The van der Waals surface area contributed by atoms with Crippen molar-refractivity contribution in [2.75, 3.05) is 0 Å². The molecule has 0 amide bonds. The molecule has 1 heterocycles. The highest BCUT2D eigenvalue weighted by Gasteiger charge is 2.17. The highest BCUT2D eigenvalue weighted by molar-refractivity contribution is 5.74. The van der Waals surface area contributed by atoms with E-state index in [4.69, 9.17) is 9.47 Å². The zero-order valence-electron chi connectivity index (χ0n) is 12.5. The molecule has 1 aliphatic heterocycles. The molecule has 0 radical (unpaired) electrons. The Kier molecular flexibility index (Phi) is 4.12. The van der Waals surface area contributed by atoms with Crippen LogP contribution in [0.1, 0.15) is 39.7 Å². The second-order valence-electron chi connectivity index (χ2n) is 5.99. The Morgan fingerprint density at radius 1 is 1.40 bits per heavy atom. The van der Waals surface area contributed by atoms with Gasteiger partial charge < -0.3 is 9.47 Å². The van der Waals surface area contributed by atoms with Crippen LogP contribution in [-0.4, -0.2) is 23.9 Å². The molecule has 2 rings (SSSR count). The van der Waals surface area contributed by atoms with Crippen molar-refractivity contribution in [3.63, 3.8) is 0 Å². The van der Waals surface area contributed by atoms with Gasteiger partial charge in [0.1, 0.15) is 23.1 Å². The molecule has 0 saturated heterocycles. The SMILES string of the molecule is CC1C=Nc2ccc(CCC(=O)OC(C)(C)C)cc2O1. The van der Waals surface area contributed by atoms with Gasteiger partial charge in [0, 0.05) is 12.6 Å². The summed E-state index contributed by atoms with van der Waals surface area (Å²) in [7, 11) is 0. The van der Waals surface area contributed by atoms with Crippen molar-refractivity contribution >= 4 is 17.9 Å². The van der Waals surface area contributed by atoms with Crippen LogP contribution in [0.3, 0.4) is 0 Å². The van der Waals surface area contributed by atoms with Gasteiger partial charge in [-0.25, -0.2) is 0 Å². The van der Waals surface area contributed by atoms with Crippen molar-refractivity contribution in [2.45, 2.75) is 52.2 Å². The fourth-order valence-electron chi connectivity index (χ4n) is 1.97. The maximum Gasteiger partial charge on any atom is 0.306 e. The monoisotopic (exact) mass is 275 g/mol. The third-order valence-corrected chi connectivity index (χ3v) is 2.80. The van der Waals surface area contributed by atoms with Gasteiger partial charge in [-0.2, -0.15) is 0 Å². The van der Waals surface area contributed by atoms with Gasteiger partial charge in [0.15, 0.2) is 0 Å². The highest BCUT2D eigenvalue weighted by atomic mass is 16.6. The standard InChI is InChI=1S/C16H21NO3/c1-11-10-17-13-7-5-12(9-14(13)19-11)6-8-15(18)20-16(2,3)4/h5,7,9-11H,6,8H2,1-4H3. The fraction of sp³-hybridized carbons (Fsp3) is 0.500. The normalized spacial score (nSPS) is 17.3. The van der Waals surface area contributed by atoms with Gasteiger partial charge in [-0.05, 0) is 51.8 Å². The number of carbonyl (C=O) groups is 1. The smallest absolute Gasteiger partial charge is 0.306 e. The molecule has 1 aromatic carbocycles. The van der Waals surface area contributed by atoms with E-state index in [1.807, 2.05) is 45.9 Å². The van der Waals surface area contributed by atoms with Crippen LogP contribution in [0.5, 0.6) is 5.75 Å². The van der Waals surface area contributed by atoms with Gasteiger partial charge in [-0.1, -0.05) is 6.07 Å². The molecule has 1 aromatic rings. The maximum absolute atomic E-state index is 11.7. The first kappa shape index (κ1) is 14.6. The average molecular weight is 275 g/mol. The van der Waals surface area contributed by atoms with Crippen molar-refractivity contribution in [1.82, 2.24) is 0 Å². The fourth-order valence-corrected chi connectivity index (χ4v) is 1.97. The van der Waals surface area contributed by atoms with E-state index in [-0.39, 0.29) is 12.1 Å². The van der Waals surface area contributed by atoms with Crippen molar-refractivity contribution in [3.05, 3.63) is 23.8 Å². The van der Waals surface area contributed by atoms with Crippen LogP contribution in [0.25, 0.3) is 0 Å². The van der Waals surface area contributed by atoms with Crippen LogP contribution in [0.2, 0.25) is 0 Å². The van der Waals surface area contributed by atoms with Gasteiger partial charge in [0.25, 0.3) is 0 Å². The molecule has 1 aliphatic rings. The number of nitrogens with zero attached hydrogens (tertiary/aromatic N) is 1. The van der Waals surface area contributed by atoms with Crippen LogP contribution in [0.4, 0.5) is 5.69 Å². The molecule has 0 bridgehead atoms. The number of hydrogen-bond donors (Lipinski definition) is 0. The number of aliphatic imine (C=N–C) groups is 1. The summed E-state index contributed by atoms with van der Waals surface area (Å²) >= 11 is 0. The number of carbonyl (C=O) groups excluding carboxylic acids is 1. The number of rotatable bonds is 3. The van der Waals surface area contributed by atoms with E-state index < -0.39 is 5.60 Å². The van der Waals surface area contributed by atoms with Crippen LogP contribution in [0.15, 0.2) is 23.2 Å². The van der Waals surface area contributed by atoms with Crippen LogP contribution < -0.4 is 4.74 Å². The third-order valence-electron chi connectivity index (χ3n) is 2.80. The molecule has 4 heteroatoms. The first-order valence-corrected chi connectivity index (χ1v) is 6.89. The van der Waals surface area contributed by atoms with Crippen LogP contribution in [0, 0.1) is 0 Å². The highest BCUT2D eigenvalue weighted by Crippen LogP contribution is 2.32. The molecule has 0 saturated carbocycles. The van der Waals surface area contributed by atoms with Crippen LogP contribution >= 0.6 is 0 Å². The van der Waals surface area contributed by atoms with E-state index in [2.05, 4.69) is 4.99 Å². The topological polar surface area (TPSA) is 47.9 Å². The maximum atomic E-state index is 11.7. The lowest BCUT2D eigenvalue weighted by molar-refractivity contribution is -0.154. The molecule has 1 unspecified atom stereocenters. The molecule has 0 aromatic heterocycles. The van der Waals surface area contributed by atoms with Crippen molar-refractivity contribution in [2.24, 2.45) is 4.99 Å². The summed E-state index contributed by atoms with van der Waals surface area (Å²) in [4.78, 5) is 16.0. The van der Waals surface area contributed by atoms with E-state index in [0.29, 0.717) is 12.8 Å². The first-order chi connectivity index (χ1) is 9.33. The van der Waals surface area contributed by atoms with Gasteiger partial charge in [-0.3, -0.25) is 9.79 Å². The molecule has 0 aliphatic carbocycles. The Morgan fingerprint density at radius 2 is 2.15 bits per heavy atom. The molecular formula is C16H21NO3. The molecule has 0 N–H and O–H groups in total. The lowest BCUT2D eigenvalue weighted by Crippen LogP contribution is -2.24. The van der Waals surface area contributed by atoms with Crippen molar-refractivity contribution in [3.8, 4) is 5.75 Å². The molecule has 0 fully saturated rings.